The van der Waals surface area contributed by atoms with E-state index in [1.54, 1.807) is 0 Å². The molecule has 1 N–H and O–H groups in total. The zero-order valence-electron chi connectivity index (χ0n) is 6.65. The maximum Gasteiger partial charge on any atom is 0.316 e. The highest BCUT2D eigenvalue weighted by Gasteiger charge is 2.18. The molecule has 0 saturated heterocycles. The van der Waals surface area contributed by atoms with Gasteiger partial charge in [0.05, 0.1) is 17.1 Å². The molecule has 0 fully saturated rings. The van der Waals surface area contributed by atoms with Crippen molar-refractivity contribution in [1.29, 1.82) is 0 Å². The van der Waals surface area contributed by atoms with Crippen LogP contribution in [0.2, 0.25) is 5.02 Å². The molecule has 0 amide bonds. The molecule has 13 heavy (non-hydrogen) atoms. The van der Waals surface area contributed by atoms with Crippen molar-refractivity contribution >= 4 is 17.3 Å². The van der Waals surface area contributed by atoms with Crippen LogP contribution in [-0.4, -0.2) is 17.1 Å². The third-order valence-corrected chi connectivity index (χ3v) is 1.65. The molecule has 70 valence electrons. The van der Waals surface area contributed by atoms with Gasteiger partial charge in [-0.15, -0.1) is 0 Å². The van der Waals surface area contributed by atoms with E-state index in [9.17, 15) is 15.2 Å². The molecule has 6 heteroatoms. The second-order valence-electron chi connectivity index (χ2n) is 2.23. The molecule has 0 aromatic heterocycles. The van der Waals surface area contributed by atoms with E-state index >= 15 is 0 Å². The first-order chi connectivity index (χ1) is 6.06. The number of benzene rings is 1. The molecule has 0 aliphatic carbocycles. The fourth-order valence-corrected chi connectivity index (χ4v) is 1.06. The highest BCUT2D eigenvalue weighted by atomic mass is 35.5. The molecule has 0 radical (unpaired) electrons. The van der Waals surface area contributed by atoms with Crippen molar-refractivity contribution in [1.82, 2.24) is 0 Å². The van der Waals surface area contributed by atoms with Crippen LogP contribution in [0.25, 0.3) is 0 Å². The van der Waals surface area contributed by atoms with Gasteiger partial charge in [-0.2, -0.15) is 0 Å². The van der Waals surface area contributed by atoms with Gasteiger partial charge < -0.3 is 9.84 Å². The quantitative estimate of drug-likeness (QED) is 0.589. The summed E-state index contributed by atoms with van der Waals surface area (Å²) in [5.74, 6) is -0.531. The minimum Gasteiger partial charge on any atom is -0.500 e. The van der Waals surface area contributed by atoms with Crippen molar-refractivity contribution in [2.45, 2.75) is 0 Å². The molecular weight excluding hydrogens is 198 g/mol. The van der Waals surface area contributed by atoms with Gasteiger partial charge in [0.1, 0.15) is 0 Å². The average molecular weight is 204 g/mol. The molecule has 0 saturated carbocycles. The van der Waals surface area contributed by atoms with Gasteiger partial charge >= 0.3 is 5.69 Å². The van der Waals surface area contributed by atoms with E-state index in [2.05, 4.69) is 4.74 Å². The van der Waals surface area contributed by atoms with Gasteiger partial charge in [0.15, 0.2) is 5.75 Å². The van der Waals surface area contributed by atoms with Crippen LogP contribution in [0, 0.1) is 10.1 Å². The number of phenolic OH excluding ortho intramolecular Hbond substituents is 1. The zero-order chi connectivity index (χ0) is 10.0. The molecule has 0 atom stereocenters. The first-order valence-corrected chi connectivity index (χ1v) is 3.65. The Morgan fingerprint density at radius 2 is 2.23 bits per heavy atom. The second kappa shape index (κ2) is 3.49. The summed E-state index contributed by atoms with van der Waals surface area (Å²) in [5, 5.41) is 19.8. The molecular formula is C7H6ClNO4. The summed E-state index contributed by atoms with van der Waals surface area (Å²) < 4.78 is 4.68. The fourth-order valence-electron chi connectivity index (χ4n) is 0.855. The van der Waals surface area contributed by atoms with Gasteiger partial charge in [-0.05, 0) is 0 Å². The van der Waals surface area contributed by atoms with Gasteiger partial charge in [0.25, 0.3) is 0 Å². The molecule has 0 unspecified atom stereocenters. The van der Waals surface area contributed by atoms with E-state index in [0.29, 0.717) is 0 Å². The largest absolute Gasteiger partial charge is 0.500 e. The van der Waals surface area contributed by atoms with Crippen molar-refractivity contribution in [3.63, 3.8) is 0 Å². The predicted molar refractivity (Wildman–Crippen MR) is 46.3 cm³/mol. The standard InChI is InChI=1S/C7H6ClNO4/c1-13-6-3-4(8)2-5(7(6)10)9(11)12/h2-3,10H,1H3. The number of methoxy groups -OCH3 is 1. The van der Waals surface area contributed by atoms with Gasteiger partial charge in [-0.3, -0.25) is 10.1 Å². The van der Waals surface area contributed by atoms with Crippen LogP contribution < -0.4 is 4.74 Å². The number of halogens is 1. The van der Waals surface area contributed by atoms with Crippen LogP contribution in [0.5, 0.6) is 11.5 Å². The van der Waals surface area contributed by atoms with Crippen LogP contribution in [0.15, 0.2) is 12.1 Å². The Morgan fingerprint density at radius 1 is 1.62 bits per heavy atom. The lowest BCUT2D eigenvalue weighted by Crippen LogP contribution is -1.91. The summed E-state index contributed by atoms with van der Waals surface area (Å²) in [6.45, 7) is 0. The lowest BCUT2D eigenvalue weighted by Gasteiger charge is -2.03. The van der Waals surface area contributed by atoms with Crippen LogP contribution in [0.3, 0.4) is 0 Å². The molecule has 0 aliphatic rings. The second-order valence-corrected chi connectivity index (χ2v) is 2.67. The van der Waals surface area contributed by atoms with Gasteiger partial charge in [0, 0.05) is 12.1 Å². The number of nitro groups is 1. The Kier molecular flexibility index (Phi) is 2.57. The third kappa shape index (κ3) is 1.81. The molecule has 0 bridgehead atoms. The molecule has 1 rings (SSSR count). The molecule has 1 aromatic rings. The summed E-state index contributed by atoms with van der Waals surface area (Å²) in [6, 6.07) is 2.35. The summed E-state index contributed by atoms with van der Waals surface area (Å²) in [6.07, 6.45) is 0. The number of ether oxygens (including phenoxy) is 1. The number of aromatic hydroxyl groups is 1. The van der Waals surface area contributed by atoms with Gasteiger partial charge in [-0.1, -0.05) is 11.6 Å². The van der Waals surface area contributed by atoms with E-state index in [1.807, 2.05) is 0 Å². The highest BCUT2D eigenvalue weighted by Crippen LogP contribution is 2.38. The van der Waals surface area contributed by atoms with E-state index in [1.165, 1.54) is 13.2 Å². The Bertz CT molecular complexity index is 353. The maximum atomic E-state index is 10.4. The van der Waals surface area contributed by atoms with Gasteiger partial charge in [0.2, 0.25) is 5.75 Å². The summed E-state index contributed by atoms with van der Waals surface area (Å²) in [7, 11) is 1.29. The fraction of sp³-hybridized carbons (Fsp3) is 0.143. The topological polar surface area (TPSA) is 72.6 Å². The number of hydrogen-bond donors (Lipinski definition) is 1. The van der Waals surface area contributed by atoms with Crippen molar-refractivity contribution < 1.29 is 14.8 Å². The normalized spacial score (nSPS) is 9.69. The minimum absolute atomic E-state index is 0.0146. The van der Waals surface area contributed by atoms with Crippen molar-refractivity contribution in [3.8, 4) is 11.5 Å². The Labute approximate surface area is 78.7 Å². The van der Waals surface area contributed by atoms with Gasteiger partial charge in [-0.25, -0.2) is 0 Å². The Balaban J connectivity index is 3.35. The maximum absolute atomic E-state index is 10.4. The molecule has 0 heterocycles. The number of nitrogens with zero attached hydrogens (tertiary/aromatic N) is 1. The van der Waals surface area contributed by atoms with Crippen LogP contribution >= 0.6 is 11.6 Å². The zero-order valence-corrected chi connectivity index (χ0v) is 7.41. The molecule has 1 aromatic carbocycles. The monoisotopic (exact) mass is 203 g/mol. The van der Waals surface area contributed by atoms with Crippen molar-refractivity contribution in [2.75, 3.05) is 7.11 Å². The van der Waals surface area contributed by atoms with E-state index in [4.69, 9.17) is 11.6 Å². The molecule has 0 aliphatic heterocycles. The Hall–Kier alpha value is -1.49. The van der Waals surface area contributed by atoms with Crippen LogP contribution in [0.4, 0.5) is 5.69 Å². The average Bonchev–Trinajstić information content (AvgIpc) is 2.08. The number of nitro benzene ring substituents is 1. The predicted octanol–water partition coefficient (Wildman–Crippen LogP) is 1.96. The van der Waals surface area contributed by atoms with E-state index in [-0.39, 0.29) is 10.8 Å². The molecule has 0 spiro atoms. The van der Waals surface area contributed by atoms with E-state index in [0.717, 1.165) is 6.07 Å². The Morgan fingerprint density at radius 3 is 2.69 bits per heavy atom. The first-order valence-electron chi connectivity index (χ1n) is 3.27. The smallest absolute Gasteiger partial charge is 0.316 e. The molecule has 5 nitrogen and oxygen atoms in total. The number of hydrogen-bond acceptors (Lipinski definition) is 4. The summed E-state index contributed by atoms with van der Waals surface area (Å²) >= 11 is 5.55. The van der Waals surface area contributed by atoms with Crippen LogP contribution in [-0.2, 0) is 0 Å². The third-order valence-electron chi connectivity index (χ3n) is 1.44. The highest BCUT2D eigenvalue weighted by molar-refractivity contribution is 6.31. The lowest BCUT2D eigenvalue weighted by atomic mass is 10.3. The van der Waals surface area contributed by atoms with E-state index < -0.39 is 16.4 Å². The first kappa shape index (κ1) is 9.60. The number of phenols is 1. The summed E-state index contributed by atoms with van der Waals surface area (Å²) in [4.78, 5) is 9.64. The SMILES string of the molecule is COc1cc(Cl)cc([N+](=O)[O-])c1O. The van der Waals surface area contributed by atoms with Crippen molar-refractivity contribution in [2.24, 2.45) is 0 Å². The lowest BCUT2D eigenvalue weighted by molar-refractivity contribution is -0.385. The van der Waals surface area contributed by atoms with Crippen LogP contribution in [0.1, 0.15) is 0 Å². The number of rotatable bonds is 2. The minimum atomic E-state index is -0.732. The van der Waals surface area contributed by atoms with Crippen molar-refractivity contribution in [3.05, 3.63) is 27.3 Å². The summed E-state index contributed by atoms with van der Waals surface area (Å²) in [5.41, 5.74) is -0.468.